The summed E-state index contributed by atoms with van der Waals surface area (Å²) in [6, 6.07) is 9.59. The van der Waals surface area contributed by atoms with Crippen molar-refractivity contribution >= 4 is 22.8 Å². The highest BCUT2D eigenvalue weighted by molar-refractivity contribution is 5.78. The summed E-state index contributed by atoms with van der Waals surface area (Å²) in [7, 11) is 0. The Balaban J connectivity index is 1.38. The first-order chi connectivity index (χ1) is 18.9. The van der Waals surface area contributed by atoms with Gasteiger partial charge in [-0.15, -0.1) is 0 Å². The van der Waals surface area contributed by atoms with E-state index in [9.17, 15) is 13.2 Å². The van der Waals surface area contributed by atoms with E-state index in [4.69, 9.17) is 14.7 Å². The highest BCUT2D eigenvalue weighted by Crippen LogP contribution is 2.31. The first kappa shape index (κ1) is 27.6. The maximum Gasteiger partial charge on any atom is 0.296 e. The molecule has 0 radical (unpaired) electrons. The number of nitrogens with one attached hydrogen (secondary N) is 1. The summed E-state index contributed by atoms with van der Waals surface area (Å²) in [6.45, 7) is 7.60. The van der Waals surface area contributed by atoms with Gasteiger partial charge in [-0.2, -0.15) is 9.97 Å². The van der Waals surface area contributed by atoms with Gasteiger partial charge in [0.1, 0.15) is 18.3 Å². The van der Waals surface area contributed by atoms with E-state index in [1.165, 1.54) is 4.57 Å². The zero-order valence-electron chi connectivity index (χ0n) is 22.7. The van der Waals surface area contributed by atoms with E-state index in [1.54, 1.807) is 24.3 Å². The molecule has 0 bridgehead atoms. The molecule has 0 atom stereocenters. The van der Waals surface area contributed by atoms with Crippen LogP contribution >= 0.6 is 0 Å². The number of fused-ring (bicyclic) bond motifs is 1. The molecule has 2 fully saturated rings. The van der Waals surface area contributed by atoms with Crippen molar-refractivity contribution in [3.63, 3.8) is 0 Å². The monoisotopic (exact) mass is 545 g/mol. The van der Waals surface area contributed by atoms with E-state index in [0.29, 0.717) is 86.0 Å². The summed E-state index contributed by atoms with van der Waals surface area (Å²) in [6.07, 6.45) is 1.37. The van der Waals surface area contributed by atoms with Gasteiger partial charge in [0.05, 0.1) is 24.2 Å². The van der Waals surface area contributed by atoms with Crippen molar-refractivity contribution in [2.75, 3.05) is 56.3 Å². The molecule has 1 aliphatic carbocycles. The summed E-state index contributed by atoms with van der Waals surface area (Å²) in [5.41, 5.74) is 1.07. The Bertz CT molecular complexity index is 1220. The number of rotatable bonds is 10. The second-order valence-corrected chi connectivity index (χ2v) is 10.7. The lowest BCUT2D eigenvalue weighted by atomic mass is 9.85. The lowest BCUT2D eigenvalue weighted by Gasteiger charge is -2.39. The molecule has 0 spiro atoms. The average Bonchev–Trinajstić information content (AvgIpc) is 3.36. The summed E-state index contributed by atoms with van der Waals surface area (Å²) in [5, 5.41) is 3.41. The van der Waals surface area contributed by atoms with Gasteiger partial charge in [-0.1, -0.05) is 12.1 Å². The zero-order valence-corrected chi connectivity index (χ0v) is 22.7. The molecule has 0 unspecified atom stereocenters. The van der Waals surface area contributed by atoms with Crippen LogP contribution in [0.15, 0.2) is 30.3 Å². The summed E-state index contributed by atoms with van der Waals surface area (Å²) in [5.74, 6) is 1.54. The second kappa shape index (κ2) is 12.5. The third kappa shape index (κ3) is 6.30. The standard InChI is InChI=1S/C28H38F3N7O/c1-19(2)37(12-11-29)21-9-7-20(8-10-21)18-32-28-34-24(36-13-15-39-16-14-36)17-25(35-28)38-23-6-4-3-5-22(23)33-27(38)26(30)31/h3-6,17,19-21,26H,7-16,18H2,1-2H3,(H,32,34,35). The van der Waals surface area contributed by atoms with E-state index in [0.717, 1.165) is 25.7 Å². The number of para-hydroxylation sites is 2. The van der Waals surface area contributed by atoms with Gasteiger partial charge in [-0.25, -0.2) is 18.2 Å². The molecule has 3 heterocycles. The Kier molecular flexibility index (Phi) is 8.86. The van der Waals surface area contributed by atoms with E-state index >= 15 is 0 Å². The van der Waals surface area contributed by atoms with Crippen LogP contribution in [0.1, 0.15) is 51.8 Å². The minimum Gasteiger partial charge on any atom is -0.378 e. The fraction of sp³-hybridized carbons (Fsp3) is 0.607. The molecule has 8 nitrogen and oxygen atoms in total. The highest BCUT2D eigenvalue weighted by Gasteiger charge is 2.28. The van der Waals surface area contributed by atoms with Crippen LogP contribution in [0.3, 0.4) is 0 Å². The van der Waals surface area contributed by atoms with Crippen LogP contribution in [-0.2, 0) is 4.74 Å². The Morgan fingerprint density at radius 2 is 1.74 bits per heavy atom. The van der Waals surface area contributed by atoms with E-state index in [1.807, 2.05) is 6.07 Å². The topological polar surface area (TPSA) is 71.3 Å². The molecule has 39 heavy (non-hydrogen) atoms. The predicted octanol–water partition coefficient (Wildman–Crippen LogP) is 5.24. The molecule has 5 rings (SSSR count). The number of aromatic nitrogens is 4. The number of imidazole rings is 1. The smallest absolute Gasteiger partial charge is 0.296 e. The SMILES string of the molecule is CC(C)N(CCF)C1CCC(CNc2nc(N3CCOCC3)cc(-n3c(C(F)F)nc4ccccc43)n2)CC1. The van der Waals surface area contributed by atoms with Crippen molar-refractivity contribution in [1.82, 2.24) is 24.4 Å². The van der Waals surface area contributed by atoms with Crippen LogP contribution in [0.4, 0.5) is 24.9 Å². The normalized spacial score (nSPS) is 20.5. The van der Waals surface area contributed by atoms with Crippen molar-refractivity contribution in [3.05, 3.63) is 36.2 Å². The molecular formula is C28H38F3N7O. The molecule has 0 amide bonds. The quantitative estimate of drug-likeness (QED) is 0.374. The van der Waals surface area contributed by atoms with E-state index in [-0.39, 0.29) is 12.5 Å². The number of alkyl halides is 3. The minimum atomic E-state index is -2.76. The number of halogens is 3. The summed E-state index contributed by atoms with van der Waals surface area (Å²) >= 11 is 0. The number of anilines is 2. The van der Waals surface area contributed by atoms with Crippen molar-refractivity contribution in [1.29, 1.82) is 0 Å². The van der Waals surface area contributed by atoms with Gasteiger partial charge in [0, 0.05) is 44.3 Å². The second-order valence-electron chi connectivity index (χ2n) is 10.7. The minimum absolute atomic E-state index is 0.321. The van der Waals surface area contributed by atoms with Gasteiger partial charge in [-0.05, 0) is 57.6 Å². The highest BCUT2D eigenvalue weighted by atomic mass is 19.3. The largest absolute Gasteiger partial charge is 0.378 e. The number of ether oxygens (including phenoxy) is 1. The Morgan fingerprint density at radius 3 is 2.44 bits per heavy atom. The van der Waals surface area contributed by atoms with E-state index in [2.05, 4.69) is 33.9 Å². The summed E-state index contributed by atoms with van der Waals surface area (Å²) < 4.78 is 48.2. The maximum absolute atomic E-state index is 14.1. The molecule has 212 valence electrons. The fourth-order valence-corrected chi connectivity index (χ4v) is 5.88. The first-order valence-electron chi connectivity index (χ1n) is 14.0. The Morgan fingerprint density at radius 1 is 1.03 bits per heavy atom. The van der Waals surface area contributed by atoms with Crippen molar-refractivity contribution in [3.8, 4) is 5.82 Å². The first-order valence-corrected chi connectivity index (χ1v) is 14.0. The molecule has 11 heteroatoms. The van der Waals surface area contributed by atoms with Crippen LogP contribution in [0.25, 0.3) is 16.9 Å². The van der Waals surface area contributed by atoms with Crippen LogP contribution in [-0.4, -0.2) is 82.6 Å². The number of morpholine rings is 1. The number of benzene rings is 1. The van der Waals surface area contributed by atoms with Gasteiger partial charge in [0.15, 0.2) is 5.82 Å². The van der Waals surface area contributed by atoms with Crippen LogP contribution in [0.2, 0.25) is 0 Å². The molecular weight excluding hydrogens is 507 g/mol. The molecule has 2 aromatic heterocycles. The van der Waals surface area contributed by atoms with Gasteiger partial charge in [-0.3, -0.25) is 9.47 Å². The van der Waals surface area contributed by atoms with Crippen LogP contribution in [0.5, 0.6) is 0 Å². The van der Waals surface area contributed by atoms with Crippen LogP contribution < -0.4 is 10.2 Å². The molecule has 3 aromatic rings. The molecule has 1 saturated heterocycles. The van der Waals surface area contributed by atoms with Crippen LogP contribution in [0, 0.1) is 5.92 Å². The summed E-state index contributed by atoms with van der Waals surface area (Å²) in [4.78, 5) is 18.0. The Hall–Kier alpha value is -2.92. The third-order valence-electron chi connectivity index (χ3n) is 7.89. The lowest BCUT2D eigenvalue weighted by Crippen LogP contribution is -2.44. The van der Waals surface area contributed by atoms with Gasteiger partial charge >= 0.3 is 0 Å². The molecule has 1 N–H and O–H groups in total. The predicted molar refractivity (Wildman–Crippen MR) is 147 cm³/mol. The Labute approximate surface area is 227 Å². The molecule has 1 aliphatic heterocycles. The zero-order chi connectivity index (χ0) is 27.4. The fourth-order valence-electron chi connectivity index (χ4n) is 5.88. The number of hydrogen-bond acceptors (Lipinski definition) is 7. The van der Waals surface area contributed by atoms with Crippen molar-refractivity contribution < 1.29 is 17.9 Å². The third-order valence-corrected chi connectivity index (χ3v) is 7.89. The van der Waals surface area contributed by atoms with Gasteiger partial charge < -0.3 is 15.0 Å². The maximum atomic E-state index is 14.1. The van der Waals surface area contributed by atoms with Crippen molar-refractivity contribution in [2.45, 2.75) is 58.0 Å². The van der Waals surface area contributed by atoms with Gasteiger partial charge in [0.2, 0.25) is 5.95 Å². The number of nitrogens with zero attached hydrogens (tertiary/aromatic N) is 6. The van der Waals surface area contributed by atoms with Crippen molar-refractivity contribution in [2.24, 2.45) is 5.92 Å². The molecule has 1 aromatic carbocycles. The lowest BCUT2D eigenvalue weighted by molar-refractivity contribution is 0.0993. The molecule has 1 saturated carbocycles. The van der Waals surface area contributed by atoms with E-state index < -0.39 is 6.43 Å². The average molecular weight is 546 g/mol. The molecule has 2 aliphatic rings. The number of hydrogen-bond donors (Lipinski definition) is 1. The van der Waals surface area contributed by atoms with Gasteiger partial charge in [0.25, 0.3) is 6.43 Å².